The van der Waals surface area contributed by atoms with E-state index >= 15 is 0 Å². The Kier molecular flexibility index (Phi) is 6.46. The molecule has 1 aromatic carbocycles. The van der Waals surface area contributed by atoms with E-state index in [0.717, 1.165) is 0 Å². The smallest absolute Gasteiger partial charge is 0.328 e. The normalized spacial score (nSPS) is 13.0. The summed E-state index contributed by atoms with van der Waals surface area (Å²) in [6, 6.07) is 5.70. The van der Waals surface area contributed by atoms with Crippen molar-refractivity contribution in [3.8, 4) is 0 Å². The van der Waals surface area contributed by atoms with E-state index in [2.05, 4.69) is 4.84 Å². The molecule has 0 fully saturated rings. The van der Waals surface area contributed by atoms with Crippen molar-refractivity contribution in [2.45, 2.75) is 20.3 Å². The molecule has 2 N–H and O–H groups in total. The predicted octanol–water partition coefficient (Wildman–Crippen LogP) is 1.37. The fraction of sp³-hybridized carbons (Fsp3) is 0.429. The molecule has 0 bridgehead atoms. The first-order chi connectivity index (χ1) is 10.4. The molecule has 22 heavy (non-hydrogen) atoms. The van der Waals surface area contributed by atoms with Gasteiger partial charge in [0.1, 0.15) is 0 Å². The van der Waals surface area contributed by atoms with Gasteiger partial charge in [0, 0.05) is 12.1 Å². The van der Waals surface area contributed by atoms with E-state index in [0.29, 0.717) is 5.56 Å². The Bertz CT molecular complexity index is 543. The predicted molar refractivity (Wildman–Crippen MR) is 76.4 cm³/mol. The summed E-state index contributed by atoms with van der Waals surface area (Å²) in [5.74, 6) is 2.07. The number of carbonyl (C=O) groups is 2. The summed E-state index contributed by atoms with van der Waals surface area (Å²) in [6.45, 7) is 3.41. The Hall–Kier alpha value is -2.48. The molecule has 0 amide bonds. The summed E-state index contributed by atoms with van der Waals surface area (Å²) in [4.78, 5) is 37.9. The van der Waals surface area contributed by atoms with Crippen LogP contribution in [0.4, 0.5) is 5.69 Å². The van der Waals surface area contributed by atoms with Crippen molar-refractivity contribution in [3.63, 3.8) is 0 Å². The molecule has 0 saturated heterocycles. The standard InChI is InChI=1S/C14H18N2O6/c1-3-21-13(17)9(2)12(14(18)22-15)8-10-4-6-11(7-5-10)16(19)20/h4-7,9,12H,3,8,15H2,1-2H3/t9-,12-/m0/s1. The van der Waals surface area contributed by atoms with Crippen LogP contribution in [0.5, 0.6) is 0 Å². The highest BCUT2D eigenvalue weighted by molar-refractivity contribution is 5.81. The second-order valence-electron chi connectivity index (χ2n) is 4.71. The topological polar surface area (TPSA) is 122 Å². The van der Waals surface area contributed by atoms with Gasteiger partial charge in [-0.15, -0.1) is 0 Å². The lowest BCUT2D eigenvalue weighted by atomic mass is 9.88. The average Bonchev–Trinajstić information content (AvgIpc) is 2.51. The Morgan fingerprint density at radius 3 is 2.32 bits per heavy atom. The van der Waals surface area contributed by atoms with Crippen molar-refractivity contribution in [2.75, 3.05) is 6.61 Å². The largest absolute Gasteiger partial charge is 0.466 e. The first-order valence-corrected chi connectivity index (χ1v) is 6.71. The first kappa shape index (κ1) is 17.6. The number of nitro benzene ring substituents is 1. The lowest BCUT2D eigenvalue weighted by Gasteiger charge is -2.20. The second-order valence-corrected chi connectivity index (χ2v) is 4.71. The molecular weight excluding hydrogens is 292 g/mol. The minimum absolute atomic E-state index is 0.0554. The van der Waals surface area contributed by atoms with Gasteiger partial charge in [-0.1, -0.05) is 19.1 Å². The van der Waals surface area contributed by atoms with Crippen molar-refractivity contribution in [1.29, 1.82) is 0 Å². The van der Waals surface area contributed by atoms with Gasteiger partial charge in [-0.3, -0.25) is 19.7 Å². The molecule has 1 rings (SSSR count). The molecule has 0 radical (unpaired) electrons. The number of carbonyl (C=O) groups excluding carboxylic acids is 2. The summed E-state index contributed by atoms with van der Waals surface area (Å²) in [7, 11) is 0. The van der Waals surface area contributed by atoms with Crippen LogP contribution in [0.25, 0.3) is 0 Å². The van der Waals surface area contributed by atoms with E-state index in [-0.39, 0.29) is 18.7 Å². The summed E-state index contributed by atoms with van der Waals surface area (Å²) in [5, 5.41) is 10.6. The number of hydrogen-bond donors (Lipinski definition) is 1. The zero-order valence-electron chi connectivity index (χ0n) is 12.4. The molecule has 0 saturated carbocycles. The molecule has 0 aliphatic heterocycles. The zero-order chi connectivity index (χ0) is 16.7. The van der Waals surface area contributed by atoms with Crippen LogP contribution < -0.4 is 5.90 Å². The van der Waals surface area contributed by atoms with Crippen LogP contribution in [-0.4, -0.2) is 23.5 Å². The molecule has 0 aromatic heterocycles. The summed E-state index contributed by atoms with van der Waals surface area (Å²) < 4.78 is 4.89. The maximum absolute atomic E-state index is 11.8. The highest BCUT2D eigenvalue weighted by Crippen LogP contribution is 2.22. The molecule has 0 heterocycles. The second kappa shape index (κ2) is 8.08. The number of nitro groups is 1. The average molecular weight is 310 g/mol. The van der Waals surface area contributed by atoms with Crippen molar-refractivity contribution in [3.05, 3.63) is 39.9 Å². The van der Waals surface area contributed by atoms with Gasteiger partial charge in [0.05, 0.1) is 23.4 Å². The SMILES string of the molecule is CCOC(=O)[C@@H](C)[C@H](Cc1ccc([N+](=O)[O-])cc1)C(=O)ON. The maximum atomic E-state index is 11.8. The first-order valence-electron chi connectivity index (χ1n) is 6.71. The zero-order valence-corrected chi connectivity index (χ0v) is 12.4. The third-order valence-electron chi connectivity index (χ3n) is 3.28. The van der Waals surface area contributed by atoms with Crippen molar-refractivity contribution >= 4 is 17.6 Å². The molecule has 2 atom stereocenters. The van der Waals surface area contributed by atoms with Gasteiger partial charge in [0.25, 0.3) is 5.69 Å². The van der Waals surface area contributed by atoms with Gasteiger partial charge < -0.3 is 9.57 Å². The van der Waals surface area contributed by atoms with E-state index < -0.39 is 28.7 Å². The Morgan fingerprint density at radius 1 is 1.27 bits per heavy atom. The fourth-order valence-corrected chi connectivity index (χ4v) is 2.00. The Labute approximate surface area is 127 Å². The number of nitrogens with two attached hydrogens (primary N) is 1. The molecule has 1 aromatic rings. The molecule has 8 heteroatoms. The van der Waals surface area contributed by atoms with Crippen molar-refractivity contribution in [1.82, 2.24) is 0 Å². The Morgan fingerprint density at radius 2 is 1.86 bits per heavy atom. The number of ether oxygens (including phenoxy) is 1. The quantitative estimate of drug-likeness (QED) is 0.458. The highest BCUT2D eigenvalue weighted by Gasteiger charge is 2.32. The number of non-ortho nitro benzene ring substituents is 1. The maximum Gasteiger partial charge on any atom is 0.328 e. The Balaban J connectivity index is 2.91. The van der Waals surface area contributed by atoms with Gasteiger partial charge in [-0.25, -0.2) is 0 Å². The molecule has 0 aliphatic rings. The minimum Gasteiger partial charge on any atom is -0.466 e. The van der Waals surface area contributed by atoms with Gasteiger partial charge in [0.2, 0.25) is 0 Å². The van der Waals surface area contributed by atoms with Gasteiger partial charge in [-0.05, 0) is 18.9 Å². The molecular formula is C14H18N2O6. The van der Waals surface area contributed by atoms with Crippen LogP contribution >= 0.6 is 0 Å². The van der Waals surface area contributed by atoms with Crippen LogP contribution in [0, 0.1) is 22.0 Å². The summed E-state index contributed by atoms with van der Waals surface area (Å²) >= 11 is 0. The van der Waals surface area contributed by atoms with E-state index in [1.807, 2.05) is 0 Å². The molecule has 0 spiro atoms. The van der Waals surface area contributed by atoms with E-state index in [4.69, 9.17) is 10.6 Å². The van der Waals surface area contributed by atoms with Crippen LogP contribution in [0.2, 0.25) is 0 Å². The lowest BCUT2D eigenvalue weighted by Crippen LogP contribution is -2.33. The van der Waals surface area contributed by atoms with Crippen LogP contribution in [0.15, 0.2) is 24.3 Å². The molecule has 0 aliphatic carbocycles. The van der Waals surface area contributed by atoms with E-state index in [1.54, 1.807) is 13.8 Å². The number of hydrogen-bond acceptors (Lipinski definition) is 7. The minimum atomic E-state index is -0.828. The summed E-state index contributed by atoms with van der Waals surface area (Å²) in [6.07, 6.45) is 0.161. The van der Waals surface area contributed by atoms with Crippen LogP contribution in [0.1, 0.15) is 19.4 Å². The van der Waals surface area contributed by atoms with Crippen molar-refractivity contribution < 1.29 is 24.1 Å². The van der Waals surface area contributed by atoms with Gasteiger partial charge in [-0.2, -0.15) is 5.90 Å². The fourth-order valence-electron chi connectivity index (χ4n) is 2.00. The third-order valence-corrected chi connectivity index (χ3v) is 3.28. The van der Waals surface area contributed by atoms with Crippen LogP contribution in [0.3, 0.4) is 0 Å². The van der Waals surface area contributed by atoms with E-state index in [9.17, 15) is 19.7 Å². The van der Waals surface area contributed by atoms with Crippen LogP contribution in [-0.2, 0) is 25.6 Å². The van der Waals surface area contributed by atoms with E-state index in [1.165, 1.54) is 24.3 Å². The van der Waals surface area contributed by atoms with Gasteiger partial charge >= 0.3 is 11.9 Å². The monoisotopic (exact) mass is 310 g/mol. The third kappa shape index (κ3) is 4.52. The number of rotatable bonds is 7. The number of nitrogens with zero attached hydrogens (tertiary/aromatic N) is 1. The number of benzene rings is 1. The van der Waals surface area contributed by atoms with Crippen molar-refractivity contribution in [2.24, 2.45) is 17.7 Å². The highest BCUT2D eigenvalue weighted by atomic mass is 16.7. The van der Waals surface area contributed by atoms with Gasteiger partial charge in [0.15, 0.2) is 0 Å². The lowest BCUT2D eigenvalue weighted by molar-refractivity contribution is -0.384. The number of esters is 1. The molecule has 120 valence electrons. The summed E-state index contributed by atoms with van der Waals surface area (Å²) in [5.41, 5.74) is 0.595. The molecule has 0 unspecified atom stereocenters. The molecule has 8 nitrogen and oxygen atoms in total.